The van der Waals surface area contributed by atoms with Crippen molar-refractivity contribution in [3.05, 3.63) is 12.2 Å². The highest BCUT2D eigenvalue weighted by atomic mass is 32.2. The van der Waals surface area contributed by atoms with Crippen molar-refractivity contribution >= 4 is 50.6 Å². The van der Waals surface area contributed by atoms with Crippen LogP contribution in [0.5, 0.6) is 0 Å². The van der Waals surface area contributed by atoms with E-state index in [9.17, 15) is 47.2 Å². The van der Waals surface area contributed by atoms with Crippen molar-refractivity contribution < 1.29 is 107 Å². The van der Waals surface area contributed by atoms with Gasteiger partial charge in [0.15, 0.2) is 0 Å². The van der Waals surface area contributed by atoms with Crippen molar-refractivity contribution in [3.8, 4) is 0 Å². The Kier molecular flexibility index (Phi) is 67.7. The first kappa shape index (κ1) is 95.3. The third-order valence-electron chi connectivity index (χ3n) is 15.0. The van der Waals surface area contributed by atoms with E-state index in [1.807, 2.05) is 13.8 Å². The molecule has 24 nitrogen and oxygen atoms in total. The van der Waals surface area contributed by atoms with Crippen LogP contribution in [0.25, 0.3) is 0 Å². The fourth-order valence-electron chi connectivity index (χ4n) is 9.43. The lowest BCUT2D eigenvalue weighted by Gasteiger charge is -2.21. The zero-order valence-electron chi connectivity index (χ0n) is 56.8. The minimum absolute atomic E-state index is 0.0457. The molecule has 29 heteroatoms. The number of unbranched alkanes of at least 4 members (excludes halogenated alkanes) is 22. The molecule has 0 fully saturated rings. The van der Waals surface area contributed by atoms with Gasteiger partial charge in [-0.1, -0.05) is 167 Å². The number of ether oxygens (including phenoxy) is 4. The molecule has 0 bridgehead atoms. The van der Waals surface area contributed by atoms with Gasteiger partial charge in [0.05, 0.1) is 99.8 Å². The van der Waals surface area contributed by atoms with E-state index in [0.29, 0.717) is 84.8 Å². The summed E-state index contributed by atoms with van der Waals surface area (Å²) in [5.41, 5.74) is 0. The van der Waals surface area contributed by atoms with Crippen molar-refractivity contribution in [1.29, 1.82) is 0 Å². The van der Waals surface area contributed by atoms with Gasteiger partial charge in [-0.3, -0.25) is 20.9 Å². The summed E-state index contributed by atoms with van der Waals surface area (Å²) in [5, 5.41) is 40.0. The van der Waals surface area contributed by atoms with Gasteiger partial charge in [0.25, 0.3) is 50.6 Å². The number of aliphatic hydroxyl groups excluding tert-OH is 5. The molecule has 90 heavy (non-hydrogen) atoms. The van der Waals surface area contributed by atoms with E-state index in [0.717, 1.165) is 176 Å². The molecule has 6 unspecified atom stereocenters. The summed E-state index contributed by atoms with van der Waals surface area (Å²) >= 11 is 0. The molecule has 0 aliphatic heterocycles. The lowest BCUT2D eigenvalue weighted by atomic mass is 10.0. The van der Waals surface area contributed by atoms with Crippen LogP contribution in [0.2, 0.25) is 0 Å². The molecule has 0 spiro atoms. The Labute approximate surface area is 547 Å². The molecule has 546 valence electrons. The average Bonchev–Trinajstić information content (AvgIpc) is 3.20. The first-order chi connectivity index (χ1) is 42.9. The summed E-state index contributed by atoms with van der Waals surface area (Å²) in [6.07, 6.45) is 32.0. The number of hydrogen-bond acceptors (Lipinski definition) is 24. The zero-order valence-corrected chi connectivity index (χ0v) is 60.8. The topological polar surface area (TPSA) is 355 Å². The second-order valence-electron chi connectivity index (χ2n) is 21.8. The van der Waals surface area contributed by atoms with Gasteiger partial charge in [-0.2, -0.15) is 42.1 Å². The molecule has 0 aromatic heterocycles. The van der Waals surface area contributed by atoms with Crippen LogP contribution >= 0.6 is 0 Å². The number of hydrogen-bond donors (Lipinski definition) is 5. The van der Waals surface area contributed by atoms with E-state index in [1.54, 1.807) is 19.1 Å². The number of rotatable bonds is 61. The highest BCUT2D eigenvalue weighted by molar-refractivity contribution is 7.91. The lowest BCUT2D eigenvalue weighted by Crippen LogP contribution is -2.38. The fraction of sp³-hybridized carbons (Fsp3) is 0.967. The molecular formula is C61H128O24S5. The van der Waals surface area contributed by atoms with E-state index in [1.165, 1.54) is 34.0 Å². The molecule has 0 saturated carbocycles. The van der Waals surface area contributed by atoms with Crippen LogP contribution in [0.1, 0.15) is 233 Å². The molecule has 0 radical (unpaired) electrons. The van der Waals surface area contributed by atoms with Crippen LogP contribution in [-0.4, -0.2) is 215 Å². The molecule has 0 aromatic rings. The van der Waals surface area contributed by atoms with Gasteiger partial charge in [0, 0.05) is 26.4 Å². The molecule has 0 heterocycles. The zero-order chi connectivity index (χ0) is 68.9. The van der Waals surface area contributed by atoms with Gasteiger partial charge < -0.3 is 44.5 Å². The normalized spacial score (nSPS) is 14.4. The van der Waals surface area contributed by atoms with Crippen molar-refractivity contribution in [2.45, 2.75) is 266 Å². The molecule has 5 N–H and O–H groups in total. The second-order valence-corrected chi connectivity index (χ2v) is 31.7. The van der Waals surface area contributed by atoms with Crippen molar-refractivity contribution in [2.75, 3.05) is 115 Å². The quantitative estimate of drug-likeness (QED) is 0.0215. The van der Waals surface area contributed by atoms with Gasteiger partial charge in [-0.15, -0.1) is 0 Å². The molecule has 0 rings (SSSR count). The molecule has 0 aliphatic rings. The van der Waals surface area contributed by atoms with Crippen LogP contribution < -0.4 is 0 Å². The summed E-state index contributed by atoms with van der Waals surface area (Å²) < 4.78 is 161. The van der Waals surface area contributed by atoms with E-state index in [2.05, 4.69) is 20.9 Å². The minimum atomic E-state index is -3.96. The van der Waals surface area contributed by atoms with Gasteiger partial charge in [-0.05, 0) is 78.1 Å². The van der Waals surface area contributed by atoms with Gasteiger partial charge in [-0.25, -0.2) is 0 Å². The number of allylic oxidation sites excluding steroid dienone is 1. The Hall–Kier alpha value is -1.07. The lowest BCUT2D eigenvalue weighted by molar-refractivity contribution is 0.0895. The summed E-state index contributed by atoms with van der Waals surface area (Å²) in [7, 11) is -12.7. The predicted molar refractivity (Wildman–Crippen MR) is 356 cm³/mol. The van der Waals surface area contributed by atoms with Crippen LogP contribution in [0.15, 0.2) is 12.2 Å². The molecule has 0 aliphatic carbocycles. The van der Waals surface area contributed by atoms with Crippen LogP contribution in [-0.2, 0) is 90.5 Å². The maximum atomic E-state index is 12.0. The van der Waals surface area contributed by atoms with Gasteiger partial charge in [0.2, 0.25) is 0 Å². The molecular weight excluding hydrogens is 1280 g/mol. The first-order valence-corrected chi connectivity index (χ1v) is 40.3. The Morgan fingerprint density at radius 1 is 0.333 bits per heavy atom. The van der Waals surface area contributed by atoms with Gasteiger partial charge in [0.1, 0.15) is 21.0 Å². The standard InChI is InChI=1S/C16H34O8S2.C15H32O6S.C15H32O5S.C15H30O5S/c1-15(25(18,19)22-2)16(26(20,21)23-3)11-9-7-5-4-6-8-10-13-24-14-12-17;1-3-14(17)15(22(18,19)20-2)10-8-6-4-5-7-9-12-21-13-11-16;1-3-15(21(17,18)19-2)11-9-7-5-4-6-8-10-13-20-14-12-16;1-3-10-15(21(17,18)19-2)11-8-6-4-5-7-9-13-20-14-12-16/h15-17H,4-14H2,1-3H3;14-17H,3-13H2,1-2H3;15-16H,3-14H2,1-2H3;3,10,15-16H,4-9,11-14H2,1-2H3/b;;;10-3+. The molecule has 6 atom stereocenters. The monoisotopic (exact) mass is 1400 g/mol. The SMILES string of the molecule is C/C=C/C(CCCCCCCCOCCO)S(=O)(=O)OC.CCC(CCCCCCCCCOCCO)S(=O)(=O)OC.CCC(O)C(CCCCCCCCOCCO)S(=O)(=O)OC.COS(=O)(=O)C(C)C(CCCCCCCCCOCCO)S(=O)(=O)OC. The van der Waals surface area contributed by atoms with Crippen molar-refractivity contribution in [3.63, 3.8) is 0 Å². The maximum absolute atomic E-state index is 12.0. The average molecular weight is 1410 g/mol. The Bertz CT molecular complexity index is 2150. The summed E-state index contributed by atoms with van der Waals surface area (Å²) in [5.74, 6) is 0. The van der Waals surface area contributed by atoms with E-state index in [4.69, 9.17) is 39.4 Å². The molecule has 0 amide bonds. The predicted octanol–water partition coefficient (Wildman–Crippen LogP) is 9.19. The van der Waals surface area contributed by atoms with Crippen LogP contribution in [0.4, 0.5) is 0 Å². The van der Waals surface area contributed by atoms with E-state index >= 15 is 0 Å². The third-order valence-corrected chi connectivity index (χ3v) is 23.9. The second kappa shape index (κ2) is 64.0. The van der Waals surface area contributed by atoms with Crippen molar-refractivity contribution in [1.82, 2.24) is 0 Å². The highest BCUT2D eigenvalue weighted by Crippen LogP contribution is 2.24. The highest BCUT2D eigenvalue weighted by Gasteiger charge is 2.39. The summed E-state index contributed by atoms with van der Waals surface area (Å²) in [4.78, 5) is 0. The summed E-state index contributed by atoms with van der Waals surface area (Å²) in [6, 6.07) is 0. The molecule has 0 aromatic carbocycles. The first-order valence-electron chi connectivity index (χ1n) is 32.9. The smallest absolute Gasteiger partial charge is 0.273 e. The fourth-order valence-corrected chi connectivity index (χ4v) is 15.7. The largest absolute Gasteiger partial charge is 0.394 e. The van der Waals surface area contributed by atoms with E-state index in [-0.39, 0.29) is 38.1 Å². The van der Waals surface area contributed by atoms with Crippen molar-refractivity contribution in [2.24, 2.45) is 0 Å². The Morgan fingerprint density at radius 3 is 0.900 bits per heavy atom. The Balaban J connectivity index is -0.000000550. The van der Waals surface area contributed by atoms with Gasteiger partial charge >= 0.3 is 0 Å². The third kappa shape index (κ3) is 54.1. The minimum Gasteiger partial charge on any atom is -0.394 e. The van der Waals surface area contributed by atoms with Crippen LogP contribution in [0.3, 0.4) is 0 Å². The number of aliphatic hydroxyl groups is 5. The summed E-state index contributed by atoms with van der Waals surface area (Å²) in [6.45, 7) is 11.5. The van der Waals surface area contributed by atoms with E-state index < -0.39 is 77.7 Å². The maximum Gasteiger partial charge on any atom is 0.273 e. The Morgan fingerprint density at radius 2 is 0.611 bits per heavy atom. The van der Waals surface area contributed by atoms with Crippen LogP contribution in [0, 0.1) is 0 Å². The molecule has 0 saturated heterocycles.